The lowest BCUT2D eigenvalue weighted by molar-refractivity contribution is -0.136. The first-order valence-corrected chi connectivity index (χ1v) is 6.04. The van der Waals surface area contributed by atoms with E-state index in [2.05, 4.69) is 0 Å². The Hall–Kier alpha value is -2.08. The lowest BCUT2D eigenvalue weighted by Crippen LogP contribution is -2.47. The van der Waals surface area contributed by atoms with Crippen molar-refractivity contribution in [3.05, 3.63) is 29.8 Å². The molecule has 0 saturated heterocycles. The molecule has 6 nitrogen and oxygen atoms in total. The molecular weight excluding hydrogens is 246 g/mol. The summed E-state index contributed by atoms with van der Waals surface area (Å²) in [6.45, 7) is 2.01. The second kappa shape index (κ2) is 6.75. The first-order chi connectivity index (χ1) is 8.93. The predicted molar refractivity (Wildman–Crippen MR) is 71.2 cm³/mol. The Balaban J connectivity index is 2.65. The highest BCUT2D eigenvalue weighted by Crippen LogP contribution is 2.11. The summed E-state index contributed by atoms with van der Waals surface area (Å²) in [5, 5.41) is 9.17. The van der Waals surface area contributed by atoms with Gasteiger partial charge >= 0.3 is 0 Å². The third kappa shape index (κ3) is 4.59. The minimum absolute atomic E-state index is 0.126. The van der Waals surface area contributed by atoms with Crippen LogP contribution in [0.4, 0.5) is 0 Å². The van der Waals surface area contributed by atoms with Gasteiger partial charge in [-0.1, -0.05) is 12.1 Å². The highest BCUT2D eigenvalue weighted by molar-refractivity contribution is 5.86. The van der Waals surface area contributed by atoms with Gasteiger partial charge in [0.05, 0.1) is 12.6 Å². The Morgan fingerprint density at radius 2 is 1.89 bits per heavy atom. The number of hydrogen-bond donors (Lipinski definition) is 3. The largest absolute Gasteiger partial charge is 0.508 e. The Labute approximate surface area is 112 Å². The maximum atomic E-state index is 12.0. The quantitative estimate of drug-likeness (QED) is 0.649. The Kier molecular flexibility index (Phi) is 5.32. The van der Waals surface area contributed by atoms with E-state index in [1.54, 1.807) is 19.1 Å². The summed E-state index contributed by atoms with van der Waals surface area (Å²) in [5.41, 5.74) is 11.7. The van der Waals surface area contributed by atoms with Gasteiger partial charge in [0, 0.05) is 6.54 Å². The molecule has 0 aliphatic heterocycles. The van der Waals surface area contributed by atoms with Gasteiger partial charge in [0.2, 0.25) is 11.8 Å². The van der Waals surface area contributed by atoms with E-state index in [0.717, 1.165) is 5.56 Å². The van der Waals surface area contributed by atoms with Gasteiger partial charge in [-0.25, -0.2) is 0 Å². The van der Waals surface area contributed by atoms with Crippen molar-refractivity contribution in [3.63, 3.8) is 0 Å². The molecule has 2 amide bonds. The second-order valence-corrected chi connectivity index (χ2v) is 4.30. The van der Waals surface area contributed by atoms with Crippen molar-refractivity contribution in [3.8, 4) is 5.75 Å². The number of phenolic OH excluding ortho intramolecular Hbond substituents is 1. The van der Waals surface area contributed by atoms with Crippen molar-refractivity contribution in [2.45, 2.75) is 19.4 Å². The molecule has 0 aromatic heterocycles. The van der Waals surface area contributed by atoms with E-state index in [1.807, 2.05) is 0 Å². The number of amides is 2. The molecule has 0 bridgehead atoms. The number of carbonyl (C=O) groups is 2. The molecule has 1 rings (SSSR count). The van der Waals surface area contributed by atoms with Gasteiger partial charge in [-0.3, -0.25) is 9.59 Å². The van der Waals surface area contributed by atoms with Crippen LogP contribution in [0.15, 0.2) is 24.3 Å². The zero-order chi connectivity index (χ0) is 14.4. The van der Waals surface area contributed by atoms with Crippen LogP contribution in [0.25, 0.3) is 0 Å². The van der Waals surface area contributed by atoms with Crippen molar-refractivity contribution in [2.75, 3.05) is 13.1 Å². The molecule has 1 atom stereocenters. The lowest BCUT2D eigenvalue weighted by atomic mass is 10.1. The first-order valence-electron chi connectivity index (χ1n) is 6.04. The van der Waals surface area contributed by atoms with Crippen molar-refractivity contribution in [1.29, 1.82) is 0 Å². The van der Waals surface area contributed by atoms with Gasteiger partial charge in [0.1, 0.15) is 5.75 Å². The number of hydrogen-bond acceptors (Lipinski definition) is 4. The fourth-order valence-corrected chi connectivity index (χ4v) is 1.74. The lowest BCUT2D eigenvalue weighted by Gasteiger charge is -2.23. The van der Waals surface area contributed by atoms with Gasteiger partial charge in [-0.05, 0) is 31.0 Å². The molecule has 5 N–H and O–H groups in total. The van der Waals surface area contributed by atoms with Gasteiger partial charge in [-0.15, -0.1) is 0 Å². The van der Waals surface area contributed by atoms with Crippen LogP contribution in [0.5, 0.6) is 5.75 Å². The minimum atomic E-state index is -0.733. The molecule has 6 heteroatoms. The SMILES string of the molecule is CCN(CC(N)=O)C(=O)[C@@H](N)Cc1ccc(O)cc1. The van der Waals surface area contributed by atoms with E-state index in [4.69, 9.17) is 16.6 Å². The highest BCUT2D eigenvalue weighted by Gasteiger charge is 2.21. The molecule has 0 unspecified atom stereocenters. The van der Waals surface area contributed by atoms with Gasteiger partial charge in [0.25, 0.3) is 0 Å². The fraction of sp³-hybridized carbons (Fsp3) is 0.385. The maximum Gasteiger partial charge on any atom is 0.240 e. The molecule has 0 aliphatic rings. The number of carbonyl (C=O) groups excluding carboxylic acids is 2. The number of primary amides is 1. The molecular formula is C13H19N3O3. The van der Waals surface area contributed by atoms with Crippen LogP contribution in [0.1, 0.15) is 12.5 Å². The molecule has 0 heterocycles. The topological polar surface area (TPSA) is 110 Å². The average Bonchev–Trinajstić information content (AvgIpc) is 2.37. The highest BCUT2D eigenvalue weighted by atomic mass is 16.3. The monoisotopic (exact) mass is 265 g/mol. The average molecular weight is 265 g/mol. The van der Waals surface area contributed by atoms with E-state index in [1.165, 1.54) is 17.0 Å². The number of likely N-dealkylation sites (N-methyl/N-ethyl adjacent to an activating group) is 1. The summed E-state index contributed by atoms with van der Waals surface area (Å²) in [6.07, 6.45) is 0.342. The van der Waals surface area contributed by atoms with E-state index in [0.29, 0.717) is 13.0 Å². The van der Waals surface area contributed by atoms with Crippen LogP contribution in [-0.2, 0) is 16.0 Å². The summed E-state index contributed by atoms with van der Waals surface area (Å²) in [6, 6.07) is 5.74. The van der Waals surface area contributed by atoms with Crippen molar-refractivity contribution in [1.82, 2.24) is 4.90 Å². The molecule has 1 aromatic carbocycles. The molecule has 19 heavy (non-hydrogen) atoms. The molecule has 0 radical (unpaired) electrons. The summed E-state index contributed by atoms with van der Waals surface area (Å²) >= 11 is 0. The Morgan fingerprint density at radius 3 is 2.37 bits per heavy atom. The summed E-state index contributed by atoms with van der Waals surface area (Å²) in [7, 11) is 0. The molecule has 0 fully saturated rings. The number of rotatable bonds is 6. The second-order valence-electron chi connectivity index (χ2n) is 4.30. The number of benzene rings is 1. The molecule has 104 valence electrons. The van der Waals surface area contributed by atoms with E-state index >= 15 is 0 Å². The van der Waals surface area contributed by atoms with Crippen LogP contribution in [0.2, 0.25) is 0 Å². The van der Waals surface area contributed by atoms with Crippen LogP contribution < -0.4 is 11.5 Å². The zero-order valence-electron chi connectivity index (χ0n) is 10.9. The number of nitrogens with zero attached hydrogens (tertiary/aromatic N) is 1. The van der Waals surface area contributed by atoms with Crippen molar-refractivity contribution >= 4 is 11.8 Å². The maximum absolute atomic E-state index is 12.0. The van der Waals surface area contributed by atoms with Gasteiger partial charge in [0.15, 0.2) is 0 Å². The molecule has 0 saturated carbocycles. The van der Waals surface area contributed by atoms with Crippen molar-refractivity contribution in [2.24, 2.45) is 11.5 Å². The predicted octanol–water partition coefficient (Wildman–Crippen LogP) is -0.404. The number of aromatic hydroxyl groups is 1. The molecule has 1 aromatic rings. The fourth-order valence-electron chi connectivity index (χ4n) is 1.74. The Morgan fingerprint density at radius 1 is 1.32 bits per heavy atom. The van der Waals surface area contributed by atoms with Crippen LogP contribution in [0.3, 0.4) is 0 Å². The van der Waals surface area contributed by atoms with Crippen molar-refractivity contribution < 1.29 is 14.7 Å². The number of nitrogens with two attached hydrogens (primary N) is 2. The van der Waals surface area contributed by atoms with Gasteiger partial charge in [-0.2, -0.15) is 0 Å². The van der Waals surface area contributed by atoms with E-state index in [-0.39, 0.29) is 18.2 Å². The Bertz CT molecular complexity index is 445. The smallest absolute Gasteiger partial charge is 0.240 e. The summed E-state index contributed by atoms with van der Waals surface area (Å²) < 4.78 is 0. The van der Waals surface area contributed by atoms with Crippen LogP contribution >= 0.6 is 0 Å². The summed E-state index contributed by atoms with van der Waals surface area (Å²) in [5.74, 6) is -0.714. The first kappa shape index (κ1) is 15.0. The molecule has 0 spiro atoms. The molecule has 0 aliphatic carbocycles. The minimum Gasteiger partial charge on any atom is -0.508 e. The normalized spacial score (nSPS) is 11.9. The third-order valence-corrected chi connectivity index (χ3v) is 2.75. The number of phenols is 1. The standard InChI is InChI=1S/C13H19N3O3/c1-2-16(8-12(15)18)13(19)11(14)7-9-3-5-10(17)6-4-9/h3-6,11,17H,2,7-8,14H2,1H3,(H2,15,18)/t11-/m0/s1. The third-order valence-electron chi connectivity index (χ3n) is 2.75. The van der Waals surface area contributed by atoms with E-state index in [9.17, 15) is 9.59 Å². The van der Waals surface area contributed by atoms with Crippen LogP contribution in [0, 0.1) is 0 Å². The van der Waals surface area contributed by atoms with E-state index < -0.39 is 11.9 Å². The van der Waals surface area contributed by atoms with Crippen LogP contribution in [-0.4, -0.2) is 41.0 Å². The summed E-state index contributed by atoms with van der Waals surface area (Å²) in [4.78, 5) is 24.2. The van der Waals surface area contributed by atoms with Gasteiger partial charge < -0.3 is 21.5 Å². The zero-order valence-corrected chi connectivity index (χ0v) is 10.9.